The Morgan fingerprint density at radius 3 is 2.17 bits per heavy atom. The minimum Gasteiger partial charge on any atom is -0.497 e. The Kier molecular flexibility index (Phi) is 14.2. The van der Waals surface area contributed by atoms with Gasteiger partial charge < -0.3 is 29.7 Å². The maximum Gasteiger partial charge on any atom is 0.253 e. The number of hydrogen-bond acceptors (Lipinski definition) is 10. The number of carbonyl (C=O) groups excluding carboxylic acids is 3. The predicted octanol–water partition coefficient (Wildman–Crippen LogP) is 7.18. The van der Waals surface area contributed by atoms with Crippen LogP contribution in [0.3, 0.4) is 0 Å². The molecular formula is C43H46IN5O8S. The standard InChI is InChI=1S/C43H46IN5O8S/c1-29-25-39(36-27-32(44)10-18-37(36)46-29)45-20-24-49(58(53,54)35-15-13-34(56-3)14-16-35)23-19-42(51)47-38-17-9-31(43(52)48-21-5-4-6-22-48)26-41(38)57-28-40(50)30-7-11-33(55-2)12-8-30/h7-18,25-27H,4-6,19-24,28H2,1-3H3,(H,45,46)(H,47,51). The molecular weight excluding hydrogens is 873 g/mol. The summed E-state index contributed by atoms with van der Waals surface area (Å²) in [5.74, 6) is 0.278. The summed E-state index contributed by atoms with van der Waals surface area (Å²) in [5, 5.41) is 7.13. The number of sulfonamides is 1. The van der Waals surface area contributed by atoms with Crippen LogP contribution in [0.1, 0.15) is 52.1 Å². The number of nitrogens with one attached hydrogen (secondary N) is 2. The topological polar surface area (TPSA) is 156 Å². The molecule has 1 saturated heterocycles. The third-order valence-corrected chi connectivity index (χ3v) is 12.4. The van der Waals surface area contributed by atoms with E-state index in [2.05, 4.69) is 38.2 Å². The lowest BCUT2D eigenvalue weighted by molar-refractivity contribution is -0.116. The van der Waals surface area contributed by atoms with Gasteiger partial charge in [0, 0.05) is 70.6 Å². The number of fused-ring (bicyclic) bond motifs is 1. The Labute approximate surface area is 352 Å². The smallest absolute Gasteiger partial charge is 0.253 e. The van der Waals surface area contributed by atoms with Crippen LogP contribution in [0.2, 0.25) is 0 Å². The highest BCUT2D eigenvalue weighted by atomic mass is 127. The Morgan fingerprint density at radius 1 is 0.810 bits per heavy atom. The maximum atomic E-state index is 14.1. The van der Waals surface area contributed by atoms with E-state index in [0.29, 0.717) is 35.7 Å². The Balaban J connectivity index is 1.20. The van der Waals surface area contributed by atoms with Gasteiger partial charge in [-0.25, -0.2) is 8.42 Å². The fourth-order valence-corrected chi connectivity index (χ4v) is 8.57. The van der Waals surface area contributed by atoms with E-state index in [9.17, 15) is 22.8 Å². The second kappa shape index (κ2) is 19.5. The first kappa shape index (κ1) is 42.3. The van der Waals surface area contributed by atoms with Crippen molar-refractivity contribution < 1.29 is 37.0 Å². The molecule has 58 heavy (non-hydrogen) atoms. The number of rotatable bonds is 17. The Morgan fingerprint density at radius 2 is 1.48 bits per heavy atom. The van der Waals surface area contributed by atoms with Crippen LogP contribution in [0.5, 0.6) is 17.2 Å². The summed E-state index contributed by atoms with van der Waals surface area (Å²) in [6, 6.07) is 25.3. The number of aryl methyl sites for hydroxylation is 1. The molecule has 0 saturated carbocycles. The SMILES string of the molecule is COc1ccc(C(=O)COc2cc(C(=O)N3CCCCC3)ccc2NC(=O)CCN(CCNc2cc(C)nc3ccc(I)cc23)S(=O)(=O)c2ccc(OC)cc2)cc1. The first-order valence-corrected chi connectivity index (χ1v) is 21.5. The molecule has 15 heteroatoms. The van der Waals surface area contributed by atoms with Crippen LogP contribution >= 0.6 is 22.6 Å². The molecule has 1 fully saturated rings. The van der Waals surface area contributed by atoms with Crippen LogP contribution in [0.25, 0.3) is 10.9 Å². The lowest BCUT2D eigenvalue weighted by Crippen LogP contribution is -2.37. The van der Waals surface area contributed by atoms with Crippen molar-refractivity contribution in [3.63, 3.8) is 0 Å². The van der Waals surface area contributed by atoms with Gasteiger partial charge in [0.05, 0.1) is 30.3 Å². The van der Waals surface area contributed by atoms with Gasteiger partial charge in [-0.05, 0) is 140 Å². The van der Waals surface area contributed by atoms with Crippen LogP contribution in [0.15, 0.2) is 95.9 Å². The summed E-state index contributed by atoms with van der Waals surface area (Å²) in [5.41, 5.74) is 3.46. The summed E-state index contributed by atoms with van der Waals surface area (Å²) < 4.78 is 46.9. The number of Topliss-reactive ketones (excluding diaryl/α,β-unsaturated/α-hetero) is 1. The van der Waals surface area contributed by atoms with Gasteiger partial charge in [0.2, 0.25) is 15.9 Å². The van der Waals surface area contributed by atoms with Gasteiger partial charge >= 0.3 is 0 Å². The van der Waals surface area contributed by atoms with E-state index < -0.39 is 15.9 Å². The van der Waals surface area contributed by atoms with Gasteiger partial charge in [-0.15, -0.1) is 0 Å². The fraction of sp³-hybridized carbons (Fsp3) is 0.302. The molecule has 5 aromatic rings. The minimum absolute atomic E-state index is 0.0452. The van der Waals surface area contributed by atoms with E-state index >= 15 is 0 Å². The van der Waals surface area contributed by atoms with Crippen molar-refractivity contribution in [1.82, 2.24) is 14.2 Å². The molecule has 4 aromatic carbocycles. The van der Waals surface area contributed by atoms with Gasteiger partial charge in [-0.2, -0.15) is 4.31 Å². The number of halogens is 1. The van der Waals surface area contributed by atoms with E-state index in [1.807, 2.05) is 31.2 Å². The average Bonchev–Trinajstić information content (AvgIpc) is 3.24. The van der Waals surface area contributed by atoms with Gasteiger partial charge in [0.1, 0.15) is 17.2 Å². The molecule has 1 aromatic heterocycles. The Bertz CT molecular complexity index is 2370. The molecule has 1 aliphatic heterocycles. The number of ketones is 1. The van der Waals surface area contributed by atoms with Crippen molar-refractivity contribution in [2.24, 2.45) is 0 Å². The van der Waals surface area contributed by atoms with E-state index in [1.54, 1.807) is 53.4 Å². The molecule has 0 aliphatic carbocycles. The predicted molar refractivity (Wildman–Crippen MR) is 232 cm³/mol. The number of ether oxygens (including phenoxy) is 3. The zero-order valence-corrected chi connectivity index (χ0v) is 35.6. The third-order valence-electron chi connectivity index (χ3n) is 9.78. The van der Waals surface area contributed by atoms with Crippen molar-refractivity contribution in [3.05, 3.63) is 111 Å². The van der Waals surface area contributed by atoms with E-state index in [0.717, 1.165) is 45.1 Å². The highest BCUT2D eigenvalue weighted by molar-refractivity contribution is 14.1. The quantitative estimate of drug-likeness (QED) is 0.0724. The monoisotopic (exact) mass is 919 g/mol. The number of carbonyl (C=O) groups is 3. The van der Waals surface area contributed by atoms with Gasteiger partial charge in [-0.1, -0.05) is 0 Å². The van der Waals surface area contributed by atoms with Gasteiger partial charge in [0.15, 0.2) is 12.4 Å². The summed E-state index contributed by atoms with van der Waals surface area (Å²) in [7, 11) is -1.02. The summed E-state index contributed by atoms with van der Waals surface area (Å²) in [6.07, 6.45) is 2.69. The number of likely N-dealkylation sites (tertiary alicyclic amines) is 1. The van der Waals surface area contributed by atoms with E-state index in [-0.39, 0.29) is 60.7 Å². The minimum atomic E-state index is -4.06. The summed E-state index contributed by atoms with van der Waals surface area (Å²) in [4.78, 5) is 46.6. The largest absolute Gasteiger partial charge is 0.497 e. The van der Waals surface area contributed by atoms with Crippen molar-refractivity contribution in [2.75, 3.05) is 64.2 Å². The highest BCUT2D eigenvalue weighted by Gasteiger charge is 2.26. The molecule has 0 atom stereocenters. The lowest BCUT2D eigenvalue weighted by Gasteiger charge is -2.27. The molecule has 0 radical (unpaired) electrons. The number of amides is 2. The molecule has 0 bridgehead atoms. The molecule has 6 rings (SSSR count). The molecule has 13 nitrogen and oxygen atoms in total. The van der Waals surface area contributed by atoms with Crippen LogP contribution in [-0.4, -0.2) is 93.8 Å². The number of hydrogen-bond donors (Lipinski definition) is 2. The van der Waals surface area contributed by atoms with Crippen LogP contribution < -0.4 is 24.8 Å². The average molecular weight is 920 g/mol. The van der Waals surface area contributed by atoms with Crippen LogP contribution in [0, 0.1) is 10.5 Å². The second-order valence-electron chi connectivity index (χ2n) is 13.8. The van der Waals surface area contributed by atoms with Crippen LogP contribution in [-0.2, 0) is 14.8 Å². The number of aromatic nitrogens is 1. The number of methoxy groups -OCH3 is 2. The zero-order chi connectivity index (χ0) is 41.2. The van der Waals surface area contributed by atoms with E-state index in [4.69, 9.17) is 14.2 Å². The van der Waals surface area contributed by atoms with E-state index in [1.165, 1.54) is 36.7 Å². The first-order chi connectivity index (χ1) is 27.9. The van der Waals surface area contributed by atoms with Gasteiger partial charge in [0.25, 0.3) is 5.91 Å². The molecule has 2 heterocycles. The molecule has 2 N–H and O–H groups in total. The fourth-order valence-electron chi connectivity index (χ4n) is 6.64. The molecule has 2 amide bonds. The second-order valence-corrected chi connectivity index (χ2v) is 17.0. The zero-order valence-electron chi connectivity index (χ0n) is 32.6. The third kappa shape index (κ3) is 10.6. The number of benzene rings is 4. The molecule has 0 unspecified atom stereocenters. The van der Waals surface area contributed by atoms with Crippen molar-refractivity contribution in [2.45, 2.75) is 37.5 Å². The number of anilines is 2. The maximum absolute atomic E-state index is 14.1. The number of nitrogens with zero attached hydrogens (tertiary/aromatic N) is 3. The first-order valence-electron chi connectivity index (χ1n) is 18.9. The lowest BCUT2D eigenvalue weighted by atomic mass is 10.1. The van der Waals surface area contributed by atoms with Crippen molar-refractivity contribution in [1.29, 1.82) is 0 Å². The summed E-state index contributed by atoms with van der Waals surface area (Å²) >= 11 is 2.24. The number of piperidine rings is 1. The molecule has 0 spiro atoms. The normalized spacial score (nSPS) is 12.9. The van der Waals surface area contributed by atoms with Crippen molar-refractivity contribution >= 4 is 72.5 Å². The van der Waals surface area contributed by atoms with Crippen LogP contribution in [0.4, 0.5) is 11.4 Å². The highest BCUT2D eigenvalue weighted by Crippen LogP contribution is 2.29. The molecule has 304 valence electrons. The van der Waals surface area contributed by atoms with Crippen molar-refractivity contribution in [3.8, 4) is 17.2 Å². The number of pyridine rings is 1. The summed E-state index contributed by atoms with van der Waals surface area (Å²) in [6.45, 7) is 2.98. The molecule has 1 aliphatic rings. The van der Waals surface area contributed by atoms with Gasteiger partial charge in [-0.3, -0.25) is 19.4 Å². The Hall–Kier alpha value is -5.26.